The Morgan fingerprint density at radius 3 is 2.21 bits per heavy atom. The number of nitrogens with one attached hydrogen (secondary N) is 1. The standard InChI is InChI=1S/C12H22N2O.C7H14O.C7H8.C2H6.C2H2/c1-3-7-15-12-9-11(8-10(12)2)14-6-4-5-13;1-4-7(5-2)6-8-3;1-7-5-3-2-4-6-7;2*1-2/h3,8,11-12,14H,1,4-7,9,13H2,2H3;4H,5-6H2,1-3H3;2-6H,1H3;1-2H3;1-2H/b;7-4+;;;. The first kappa shape index (κ1) is 36.4. The fourth-order valence-corrected chi connectivity index (χ4v) is 2.93. The highest BCUT2D eigenvalue weighted by Crippen LogP contribution is 2.21. The van der Waals surface area contributed by atoms with E-state index in [1.165, 1.54) is 16.7 Å². The first-order valence-corrected chi connectivity index (χ1v) is 12.3. The van der Waals surface area contributed by atoms with Crippen molar-refractivity contribution in [2.45, 2.75) is 73.0 Å². The molecule has 1 aliphatic rings. The number of hydrogen-bond acceptors (Lipinski definition) is 4. The van der Waals surface area contributed by atoms with Gasteiger partial charge in [-0.15, -0.1) is 19.4 Å². The maximum Gasteiger partial charge on any atom is 0.0805 e. The van der Waals surface area contributed by atoms with Gasteiger partial charge in [0.25, 0.3) is 0 Å². The lowest BCUT2D eigenvalue weighted by Crippen LogP contribution is -2.29. The summed E-state index contributed by atoms with van der Waals surface area (Å²) in [5, 5.41) is 3.46. The van der Waals surface area contributed by atoms with Crippen LogP contribution in [0.3, 0.4) is 0 Å². The van der Waals surface area contributed by atoms with Crippen LogP contribution in [0.15, 0.2) is 66.3 Å². The van der Waals surface area contributed by atoms with E-state index < -0.39 is 0 Å². The molecule has 0 amide bonds. The molecule has 1 aromatic carbocycles. The fraction of sp³-hybridized carbons (Fsp3) is 0.533. The van der Waals surface area contributed by atoms with Crippen molar-refractivity contribution in [1.82, 2.24) is 5.32 Å². The minimum absolute atomic E-state index is 0.262. The molecule has 1 aromatic rings. The number of hydrogen-bond donors (Lipinski definition) is 2. The highest BCUT2D eigenvalue weighted by atomic mass is 16.5. The molecule has 1 aliphatic carbocycles. The van der Waals surface area contributed by atoms with Gasteiger partial charge in [0, 0.05) is 13.2 Å². The SMILES string of the molecule is C#C.C/C=C(\CC)COC.C=CCOC1CC(NCCCN)C=C1C.CC.Cc1ccccc1. The summed E-state index contributed by atoms with van der Waals surface area (Å²) in [7, 11) is 1.72. The molecule has 194 valence electrons. The van der Waals surface area contributed by atoms with Crippen molar-refractivity contribution in [3.05, 3.63) is 71.8 Å². The predicted molar refractivity (Wildman–Crippen MR) is 152 cm³/mol. The van der Waals surface area contributed by atoms with Gasteiger partial charge in [0.1, 0.15) is 0 Å². The summed E-state index contributed by atoms with van der Waals surface area (Å²) in [5.74, 6) is 0. The molecule has 2 unspecified atom stereocenters. The highest BCUT2D eigenvalue weighted by Gasteiger charge is 2.23. The van der Waals surface area contributed by atoms with E-state index >= 15 is 0 Å². The van der Waals surface area contributed by atoms with Gasteiger partial charge in [-0.3, -0.25) is 0 Å². The predicted octanol–water partition coefficient (Wildman–Crippen LogP) is 6.47. The van der Waals surface area contributed by atoms with E-state index in [4.69, 9.17) is 15.2 Å². The molecule has 0 radical (unpaired) electrons. The quantitative estimate of drug-likeness (QED) is 0.233. The monoisotopic (exact) mass is 472 g/mol. The number of aryl methyl sites for hydroxylation is 1. The van der Waals surface area contributed by atoms with Gasteiger partial charge in [0.2, 0.25) is 0 Å². The molecular formula is C30H52N2O2. The number of rotatable bonds is 10. The Kier molecular flexibility index (Phi) is 30.9. The van der Waals surface area contributed by atoms with Crippen molar-refractivity contribution in [1.29, 1.82) is 0 Å². The first-order chi connectivity index (χ1) is 16.5. The van der Waals surface area contributed by atoms with E-state index in [1.54, 1.807) is 13.2 Å². The van der Waals surface area contributed by atoms with E-state index in [9.17, 15) is 0 Å². The zero-order chi connectivity index (χ0) is 26.6. The van der Waals surface area contributed by atoms with Gasteiger partial charge in [-0.2, -0.15) is 0 Å². The molecule has 0 aliphatic heterocycles. The molecule has 3 N–H and O–H groups in total. The molecule has 2 atom stereocenters. The zero-order valence-electron chi connectivity index (χ0n) is 23.0. The number of benzene rings is 1. The van der Waals surface area contributed by atoms with Crippen LogP contribution in [0.4, 0.5) is 0 Å². The molecule has 0 aromatic heterocycles. The maximum absolute atomic E-state index is 5.65. The third-order valence-electron chi connectivity index (χ3n) is 4.78. The van der Waals surface area contributed by atoms with Gasteiger partial charge in [-0.1, -0.05) is 74.9 Å². The third-order valence-corrected chi connectivity index (χ3v) is 4.78. The fourth-order valence-electron chi connectivity index (χ4n) is 2.93. The molecule has 0 spiro atoms. The smallest absolute Gasteiger partial charge is 0.0805 e. The minimum Gasteiger partial charge on any atom is -0.380 e. The van der Waals surface area contributed by atoms with E-state index in [0.717, 1.165) is 39.0 Å². The average Bonchev–Trinajstić information content (AvgIpc) is 3.24. The van der Waals surface area contributed by atoms with Crippen molar-refractivity contribution >= 4 is 0 Å². The number of terminal acetylenes is 1. The van der Waals surface area contributed by atoms with E-state index in [-0.39, 0.29) is 6.10 Å². The zero-order valence-corrected chi connectivity index (χ0v) is 23.0. The van der Waals surface area contributed by atoms with Crippen molar-refractivity contribution in [3.63, 3.8) is 0 Å². The van der Waals surface area contributed by atoms with Crippen LogP contribution in [-0.4, -0.2) is 45.6 Å². The molecule has 0 bridgehead atoms. The van der Waals surface area contributed by atoms with Crippen LogP contribution < -0.4 is 11.1 Å². The molecule has 0 heterocycles. The normalized spacial score (nSPS) is 16.1. The van der Waals surface area contributed by atoms with Crippen LogP contribution >= 0.6 is 0 Å². The van der Waals surface area contributed by atoms with Crippen molar-refractivity contribution in [3.8, 4) is 12.8 Å². The average molecular weight is 473 g/mol. The number of ether oxygens (including phenoxy) is 2. The first-order valence-electron chi connectivity index (χ1n) is 12.3. The van der Waals surface area contributed by atoms with Crippen molar-refractivity contribution < 1.29 is 9.47 Å². The lowest BCUT2D eigenvalue weighted by atomic mass is 10.2. The van der Waals surface area contributed by atoms with Gasteiger partial charge in [0.05, 0.1) is 19.3 Å². The Balaban J connectivity index is -0.000000428. The van der Waals surface area contributed by atoms with E-state index in [1.807, 2.05) is 39.0 Å². The van der Waals surface area contributed by atoms with Crippen LogP contribution in [0.25, 0.3) is 0 Å². The summed E-state index contributed by atoms with van der Waals surface area (Å²) >= 11 is 0. The lowest BCUT2D eigenvalue weighted by molar-refractivity contribution is 0.0976. The molecule has 34 heavy (non-hydrogen) atoms. The number of methoxy groups -OCH3 is 1. The molecule has 0 saturated carbocycles. The Hall–Kier alpha value is -2.16. The van der Waals surface area contributed by atoms with Crippen LogP contribution in [0.1, 0.15) is 59.4 Å². The summed E-state index contributed by atoms with van der Waals surface area (Å²) < 4.78 is 10.6. The topological polar surface area (TPSA) is 56.5 Å². The molecule has 2 rings (SSSR count). The van der Waals surface area contributed by atoms with Crippen LogP contribution in [0.5, 0.6) is 0 Å². The maximum atomic E-state index is 5.65. The number of allylic oxidation sites excluding steroid dienone is 1. The Labute approximate surface area is 211 Å². The second-order valence-corrected chi connectivity index (χ2v) is 7.35. The number of nitrogens with two attached hydrogens (primary N) is 1. The van der Waals surface area contributed by atoms with Crippen LogP contribution in [0, 0.1) is 19.8 Å². The lowest BCUT2D eigenvalue weighted by Gasteiger charge is -2.14. The largest absolute Gasteiger partial charge is 0.380 e. The van der Waals surface area contributed by atoms with Gasteiger partial charge in [0.15, 0.2) is 0 Å². The molecule has 0 fully saturated rings. The Morgan fingerprint density at radius 1 is 1.21 bits per heavy atom. The van der Waals surface area contributed by atoms with Gasteiger partial charge in [-0.25, -0.2) is 0 Å². The summed E-state index contributed by atoms with van der Waals surface area (Å²) in [6, 6.07) is 10.7. The molecule has 0 saturated heterocycles. The summed E-state index contributed by atoms with van der Waals surface area (Å²) in [4.78, 5) is 0. The summed E-state index contributed by atoms with van der Waals surface area (Å²) in [6.07, 6.45) is 17.6. The molecule has 4 nitrogen and oxygen atoms in total. The summed E-state index contributed by atoms with van der Waals surface area (Å²) in [5.41, 5.74) is 9.45. The van der Waals surface area contributed by atoms with Crippen molar-refractivity contribution in [2.75, 3.05) is 33.4 Å². The second-order valence-electron chi connectivity index (χ2n) is 7.35. The van der Waals surface area contributed by atoms with E-state index in [2.05, 4.69) is 69.8 Å². The van der Waals surface area contributed by atoms with Gasteiger partial charge < -0.3 is 20.5 Å². The molecular weight excluding hydrogens is 420 g/mol. The second kappa shape index (κ2) is 28.9. The summed E-state index contributed by atoms with van der Waals surface area (Å²) in [6.45, 7) is 19.2. The van der Waals surface area contributed by atoms with Crippen LogP contribution in [0.2, 0.25) is 0 Å². The minimum atomic E-state index is 0.262. The van der Waals surface area contributed by atoms with Gasteiger partial charge in [-0.05, 0) is 64.3 Å². The van der Waals surface area contributed by atoms with Crippen LogP contribution in [-0.2, 0) is 9.47 Å². The van der Waals surface area contributed by atoms with E-state index in [0.29, 0.717) is 12.6 Å². The Bertz CT molecular complexity index is 636. The molecule has 4 heteroatoms. The van der Waals surface area contributed by atoms with Gasteiger partial charge >= 0.3 is 0 Å². The highest BCUT2D eigenvalue weighted by molar-refractivity contribution is 5.18. The van der Waals surface area contributed by atoms with Crippen molar-refractivity contribution in [2.24, 2.45) is 5.73 Å². The third kappa shape index (κ3) is 21.7. The Morgan fingerprint density at radius 2 is 1.82 bits per heavy atom.